The minimum atomic E-state index is -0.0585. The Balaban J connectivity index is 1.97. The summed E-state index contributed by atoms with van der Waals surface area (Å²) in [6.07, 6.45) is 0. The molecule has 1 fully saturated rings. The topological polar surface area (TPSA) is 24.5 Å². The molecule has 1 aromatic carbocycles. The summed E-state index contributed by atoms with van der Waals surface area (Å²) in [7, 11) is 0. The average molecular weight is 290 g/mol. The fourth-order valence-electron chi connectivity index (χ4n) is 2.78. The Kier molecular flexibility index (Phi) is 5.07. The molecule has 0 radical (unpaired) electrons. The molecule has 3 heteroatoms. The smallest absolute Gasteiger partial charge is 0.0600 e. The van der Waals surface area contributed by atoms with Gasteiger partial charge in [0.1, 0.15) is 0 Å². The molecule has 1 heterocycles. The van der Waals surface area contributed by atoms with Crippen LogP contribution in [0.15, 0.2) is 30.3 Å². The van der Waals surface area contributed by atoms with Crippen LogP contribution in [-0.2, 0) is 4.74 Å². The Bertz CT molecular complexity index is 436. The maximum atomic E-state index is 5.90. The lowest BCUT2D eigenvalue weighted by Gasteiger charge is -2.46. The lowest BCUT2D eigenvalue weighted by molar-refractivity contribution is -0.0333. The molecular formula is C18H30N2O. The highest BCUT2D eigenvalue weighted by Gasteiger charge is 2.34. The monoisotopic (exact) mass is 290 g/mol. The summed E-state index contributed by atoms with van der Waals surface area (Å²) in [4.78, 5) is 2.55. The van der Waals surface area contributed by atoms with E-state index in [1.54, 1.807) is 0 Å². The van der Waals surface area contributed by atoms with Gasteiger partial charge in [0.05, 0.1) is 12.2 Å². The minimum Gasteiger partial charge on any atom is -0.375 e. The second kappa shape index (κ2) is 6.47. The molecule has 1 atom stereocenters. The van der Waals surface area contributed by atoms with Crippen LogP contribution >= 0.6 is 0 Å². The number of piperazine rings is 1. The SMILES string of the molecule is CC(C)(C)OCCN1CC(c2ccccc2)NCC1(C)C. The maximum absolute atomic E-state index is 5.90. The van der Waals surface area contributed by atoms with E-state index in [0.717, 1.165) is 26.2 Å². The van der Waals surface area contributed by atoms with Gasteiger partial charge >= 0.3 is 0 Å². The van der Waals surface area contributed by atoms with Crippen LogP contribution in [0.25, 0.3) is 0 Å². The van der Waals surface area contributed by atoms with Crippen molar-refractivity contribution in [2.45, 2.75) is 51.8 Å². The van der Waals surface area contributed by atoms with Crippen LogP contribution in [0.3, 0.4) is 0 Å². The zero-order valence-corrected chi connectivity index (χ0v) is 14.1. The normalized spacial score (nSPS) is 23.2. The van der Waals surface area contributed by atoms with Crippen LogP contribution in [0.2, 0.25) is 0 Å². The molecule has 0 bridgehead atoms. The fraction of sp³-hybridized carbons (Fsp3) is 0.667. The molecule has 1 aliphatic heterocycles. The van der Waals surface area contributed by atoms with Crippen molar-refractivity contribution in [1.29, 1.82) is 0 Å². The molecule has 3 nitrogen and oxygen atoms in total. The summed E-state index contributed by atoms with van der Waals surface area (Å²) >= 11 is 0. The van der Waals surface area contributed by atoms with E-state index >= 15 is 0 Å². The minimum absolute atomic E-state index is 0.0585. The molecule has 0 saturated carbocycles. The highest BCUT2D eigenvalue weighted by Crippen LogP contribution is 2.25. The molecular weight excluding hydrogens is 260 g/mol. The van der Waals surface area contributed by atoms with Gasteiger partial charge in [0.25, 0.3) is 0 Å². The lowest BCUT2D eigenvalue weighted by Crippen LogP contribution is -2.59. The first-order valence-electron chi connectivity index (χ1n) is 7.95. The third-order valence-corrected chi connectivity index (χ3v) is 4.14. The van der Waals surface area contributed by atoms with E-state index < -0.39 is 0 Å². The van der Waals surface area contributed by atoms with Crippen molar-refractivity contribution in [3.63, 3.8) is 0 Å². The van der Waals surface area contributed by atoms with E-state index in [4.69, 9.17) is 4.74 Å². The van der Waals surface area contributed by atoms with Gasteiger partial charge in [-0.1, -0.05) is 30.3 Å². The van der Waals surface area contributed by atoms with Gasteiger partial charge in [-0.15, -0.1) is 0 Å². The molecule has 21 heavy (non-hydrogen) atoms. The highest BCUT2D eigenvalue weighted by molar-refractivity contribution is 5.20. The van der Waals surface area contributed by atoms with Crippen LogP contribution < -0.4 is 5.32 Å². The summed E-state index contributed by atoms with van der Waals surface area (Å²) in [6, 6.07) is 11.1. The quantitative estimate of drug-likeness (QED) is 0.921. The van der Waals surface area contributed by atoms with E-state index in [1.165, 1.54) is 5.56 Å². The predicted octanol–water partition coefficient (Wildman–Crippen LogP) is 3.23. The molecule has 118 valence electrons. The number of nitrogens with zero attached hydrogens (tertiary/aromatic N) is 1. The van der Waals surface area contributed by atoms with E-state index in [0.29, 0.717) is 6.04 Å². The van der Waals surface area contributed by atoms with E-state index in [1.807, 2.05) is 0 Å². The fourth-order valence-corrected chi connectivity index (χ4v) is 2.78. The van der Waals surface area contributed by atoms with Crippen LogP contribution in [0.1, 0.15) is 46.2 Å². The van der Waals surface area contributed by atoms with Crippen LogP contribution in [0.5, 0.6) is 0 Å². The Labute approximate surface area is 129 Å². The van der Waals surface area contributed by atoms with Crippen molar-refractivity contribution < 1.29 is 4.74 Å². The number of ether oxygens (including phenoxy) is 1. The third kappa shape index (κ3) is 4.80. The second-order valence-corrected chi connectivity index (χ2v) is 7.56. The average Bonchev–Trinajstić information content (AvgIpc) is 2.40. The summed E-state index contributed by atoms with van der Waals surface area (Å²) < 4.78 is 5.90. The van der Waals surface area contributed by atoms with Crippen LogP contribution in [-0.4, -0.2) is 42.3 Å². The summed E-state index contributed by atoms with van der Waals surface area (Å²) in [6.45, 7) is 14.8. The molecule has 1 unspecified atom stereocenters. The van der Waals surface area contributed by atoms with Crippen molar-refractivity contribution in [3.8, 4) is 0 Å². The Morgan fingerprint density at radius 2 is 1.90 bits per heavy atom. The van der Waals surface area contributed by atoms with Gasteiger partial charge in [0.2, 0.25) is 0 Å². The number of benzene rings is 1. The van der Waals surface area contributed by atoms with Gasteiger partial charge < -0.3 is 10.1 Å². The van der Waals surface area contributed by atoms with Gasteiger partial charge in [-0.05, 0) is 40.2 Å². The summed E-state index contributed by atoms with van der Waals surface area (Å²) in [5.41, 5.74) is 1.48. The first kappa shape index (κ1) is 16.5. The summed E-state index contributed by atoms with van der Waals surface area (Å²) in [5.74, 6) is 0. The first-order valence-corrected chi connectivity index (χ1v) is 7.95. The Morgan fingerprint density at radius 3 is 2.52 bits per heavy atom. The van der Waals surface area contributed by atoms with Gasteiger partial charge in [0.15, 0.2) is 0 Å². The number of hydrogen-bond donors (Lipinski definition) is 1. The molecule has 1 aromatic rings. The summed E-state index contributed by atoms with van der Waals surface area (Å²) in [5, 5.41) is 3.68. The van der Waals surface area contributed by atoms with Crippen LogP contribution in [0.4, 0.5) is 0 Å². The molecule has 0 amide bonds. The maximum Gasteiger partial charge on any atom is 0.0600 e. The molecule has 2 rings (SSSR count). The number of hydrogen-bond acceptors (Lipinski definition) is 3. The van der Waals surface area contributed by atoms with Crippen molar-refractivity contribution in [1.82, 2.24) is 10.2 Å². The van der Waals surface area contributed by atoms with E-state index in [9.17, 15) is 0 Å². The highest BCUT2D eigenvalue weighted by atomic mass is 16.5. The Hall–Kier alpha value is -0.900. The van der Waals surface area contributed by atoms with Gasteiger partial charge in [0, 0.05) is 31.2 Å². The largest absolute Gasteiger partial charge is 0.375 e. The molecule has 0 spiro atoms. The molecule has 1 aliphatic rings. The third-order valence-electron chi connectivity index (χ3n) is 4.14. The second-order valence-electron chi connectivity index (χ2n) is 7.56. The standard InChI is InChI=1S/C18H30N2O/c1-17(2,3)21-12-11-20-13-16(19-14-18(20,4)5)15-9-7-6-8-10-15/h6-10,16,19H,11-14H2,1-5H3. The van der Waals surface area contributed by atoms with Crippen molar-refractivity contribution in [2.24, 2.45) is 0 Å². The predicted molar refractivity (Wildman–Crippen MR) is 88.5 cm³/mol. The van der Waals surface area contributed by atoms with Gasteiger partial charge in [-0.3, -0.25) is 4.90 Å². The molecule has 1 saturated heterocycles. The van der Waals surface area contributed by atoms with Gasteiger partial charge in [-0.25, -0.2) is 0 Å². The van der Waals surface area contributed by atoms with Crippen molar-refractivity contribution in [3.05, 3.63) is 35.9 Å². The number of nitrogens with one attached hydrogen (secondary N) is 1. The number of rotatable bonds is 4. The van der Waals surface area contributed by atoms with Crippen LogP contribution in [0, 0.1) is 0 Å². The van der Waals surface area contributed by atoms with E-state index in [-0.39, 0.29) is 11.1 Å². The zero-order chi connectivity index (χ0) is 15.5. The zero-order valence-electron chi connectivity index (χ0n) is 14.1. The molecule has 0 aliphatic carbocycles. The molecule has 1 N–H and O–H groups in total. The van der Waals surface area contributed by atoms with E-state index in [2.05, 4.69) is 75.2 Å². The van der Waals surface area contributed by atoms with Gasteiger partial charge in [-0.2, -0.15) is 0 Å². The van der Waals surface area contributed by atoms with Crippen molar-refractivity contribution in [2.75, 3.05) is 26.2 Å². The Morgan fingerprint density at radius 1 is 1.24 bits per heavy atom. The van der Waals surface area contributed by atoms with Crippen molar-refractivity contribution >= 4 is 0 Å². The molecule has 0 aromatic heterocycles. The lowest BCUT2D eigenvalue weighted by atomic mass is 9.94. The first-order chi connectivity index (χ1) is 9.78.